The Hall–Kier alpha value is -0.870. The van der Waals surface area contributed by atoms with Gasteiger partial charge in [-0.05, 0) is 64.6 Å². The molecule has 110 valence electrons. The van der Waals surface area contributed by atoms with Crippen LogP contribution in [-0.2, 0) is 24.1 Å². The molecule has 0 amide bonds. The highest BCUT2D eigenvalue weighted by molar-refractivity contribution is 7.12. The Morgan fingerprint density at radius 1 is 1.05 bits per heavy atom. The number of rotatable bonds is 4. The van der Waals surface area contributed by atoms with Crippen molar-refractivity contribution in [3.05, 3.63) is 20.9 Å². The third-order valence-corrected chi connectivity index (χ3v) is 5.51. The van der Waals surface area contributed by atoms with Gasteiger partial charge in [-0.15, -0.1) is 11.3 Å². The summed E-state index contributed by atoms with van der Waals surface area (Å²) in [6.45, 7) is 1.60. The fourth-order valence-corrected chi connectivity index (χ4v) is 4.57. The van der Waals surface area contributed by atoms with Gasteiger partial charge in [-0.2, -0.15) is 0 Å². The highest BCUT2D eigenvalue weighted by atomic mass is 32.1. The minimum absolute atomic E-state index is 0.679. The lowest BCUT2D eigenvalue weighted by Gasteiger charge is -2.17. The van der Waals surface area contributed by atoms with E-state index in [9.17, 15) is 0 Å². The van der Waals surface area contributed by atoms with E-state index < -0.39 is 0 Å². The maximum absolute atomic E-state index is 5.55. The zero-order chi connectivity index (χ0) is 13.9. The lowest BCUT2D eigenvalue weighted by Crippen LogP contribution is -2.18. The van der Waals surface area contributed by atoms with E-state index in [4.69, 9.17) is 4.84 Å². The van der Waals surface area contributed by atoms with Crippen molar-refractivity contribution in [1.29, 1.82) is 0 Å². The summed E-state index contributed by atoms with van der Waals surface area (Å²) < 4.78 is 0. The van der Waals surface area contributed by atoms with Crippen LogP contribution in [0.5, 0.6) is 0 Å². The van der Waals surface area contributed by atoms with Crippen molar-refractivity contribution in [2.24, 2.45) is 5.16 Å². The number of hydrogen-bond donors (Lipinski definition) is 0. The molecular weight excluding hydrogens is 268 g/mol. The molecule has 0 saturated carbocycles. The highest BCUT2D eigenvalue weighted by Crippen LogP contribution is 2.38. The van der Waals surface area contributed by atoms with E-state index in [0.29, 0.717) is 6.61 Å². The lowest BCUT2D eigenvalue weighted by molar-refractivity contribution is 0.125. The van der Waals surface area contributed by atoms with Gasteiger partial charge in [0.2, 0.25) is 0 Å². The molecule has 0 spiro atoms. The van der Waals surface area contributed by atoms with Crippen LogP contribution in [0.25, 0.3) is 0 Å². The van der Waals surface area contributed by atoms with Gasteiger partial charge in [0.1, 0.15) is 6.61 Å². The van der Waals surface area contributed by atoms with Gasteiger partial charge in [-0.1, -0.05) is 5.16 Å². The van der Waals surface area contributed by atoms with Crippen LogP contribution in [-0.4, -0.2) is 37.9 Å². The first-order valence-electron chi connectivity index (χ1n) is 7.73. The number of thiophene rings is 1. The molecule has 0 bridgehead atoms. The molecule has 0 N–H and O–H groups in total. The van der Waals surface area contributed by atoms with Crippen molar-refractivity contribution in [1.82, 2.24) is 4.90 Å². The van der Waals surface area contributed by atoms with Crippen molar-refractivity contribution in [2.75, 3.05) is 27.2 Å². The molecule has 0 saturated heterocycles. The Labute approximate surface area is 125 Å². The largest absolute Gasteiger partial charge is 0.394 e. The van der Waals surface area contributed by atoms with Gasteiger partial charge < -0.3 is 9.74 Å². The second kappa shape index (κ2) is 6.27. The summed E-state index contributed by atoms with van der Waals surface area (Å²) in [6, 6.07) is 0. The van der Waals surface area contributed by atoms with Crippen LogP contribution in [0, 0.1) is 0 Å². The summed E-state index contributed by atoms with van der Waals surface area (Å²) in [5.74, 6) is 0. The lowest BCUT2D eigenvalue weighted by atomic mass is 9.88. The maximum Gasteiger partial charge on any atom is 0.129 e. The second-order valence-corrected chi connectivity index (χ2v) is 7.23. The summed E-state index contributed by atoms with van der Waals surface area (Å²) in [5.41, 5.74) is 4.29. The van der Waals surface area contributed by atoms with Crippen molar-refractivity contribution in [3.8, 4) is 0 Å². The Morgan fingerprint density at radius 2 is 1.85 bits per heavy atom. The predicted molar refractivity (Wildman–Crippen MR) is 84.9 cm³/mol. The Balaban J connectivity index is 1.78. The normalized spacial score (nSPS) is 20.1. The number of nitrogens with zero attached hydrogens (tertiary/aromatic N) is 2. The quantitative estimate of drug-likeness (QED) is 0.628. The molecule has 2 aliphatic rings. The van der Waals surface area contributed by atoms with Crippen molar-refractivity contribution >= 4 is 17.0 Å². The van der Waals surface area contributed by atoms with E-state index in [0.717, 1.165) is 13.0 Å². The molecule has 20 heavy (non-hydrogen) atoms. The van der Waals surface area contributed by atoms with Gasteiger partial charge in [0, 0.05) is 21.9 Å². The van der Waals surface area contributed by atoms with E-state index >= 15 is 0 Å². The maximum atomic E-state index is 5.55. The monoisotopic (exact) mass is 292 g/mol. The minimum Gasteiger partial charge on any atom is -0.394 e. The number of likely N-dealkylation sites (N-methyl/N-ethyl adjacent to an activating group) is 1. The van der Waals surface area contributed by atoms with E-state index in [1.165, 1.54) is 49.8 Å². The predicted octanol–water partition coefficient (Wildman–Crippen LogP) is 3.25. The average molecular weight is 292 g/mol. The molecule has 0 aliphatic heterocycles. The van der Waals surface area contributed by atoms with Crippen LogP contribution in [0.1, 0.15) is 46.6 Å². The standard InChI is InChI=1S/C16H24N2OS/c1-18(2)10-11-19-17-13-7-5-9-15-16(13)12-6-3-4-8-14(12)20-15/h3-11H2,1-2H3/b17-13-. The van der Waals surface area contributed by atoms with E-state index in [1.54, 1.807) is 15.3 Å². The van der Waals surface area contributed by atoms with Crippen LogP contribution in [0.2, 0.25) is 0 Å². The van der Waals surface area contributed by atoms with Crippen molar-refractivity contribution in [2.45, 2.75) is 44.9 Å². The summed E-state index contributed by atoms with van der Waals surface area (Å²) in [4.78, 5) is 10.9. The van der Waals surface area contributed by atoms with E-state index in [1.807, 2.05) is 11.3 Å². The molecule has 0 atom stereocenters. The Morgan fingerprint density at radius 3 is 2.70 bits per heavy atom. The second-order valence-electron chi connectivity index (χ2n) is 6.04. The molecule has 1 aromatic rings. The van der Waals surface area contributed by atoms with Crippen LogP contribution in [0.3, 0.4) is 0 Å². The third kappa shape index (κ3) is 2.91. The molecule has 0 aromatic carbocycles. The molecule has 4 heteroatoms. The molecule has 1 heterocycles. The summed E-state index contributed by atoms with van der Waals surface area (Å²) in [7, 11) is 4.12. The molecule has 3 rings (SSSR count). The van der Waals surface area contributed by atoms with E-state index in [-0.39, 0.29) is 0 Å². The van der Waals surface area contributed by atoms with Gasteiger partial charge in [0.25, 0.3) is 0 Å². The van der Waals surface area contributed by atoms with Gasteiger partial charge >= 0.3 is 0 Å². The molecule has 3 nitrogen and oxygen atoms in total. The zero-order valence-corrected chi connectivity index (χ0v) is 13.4. The fourth-order valence-electron chi connectivity index (χ4n) is 3.11. The molecule has 0 radical (unpaired) electrons. The molecule has 0 unspecified atom stereocenters. The van der Waals surface area contributed by atoms with Gasteiger partial charge in [-0.3, -0.25) is 0 Å². The fraction of sp³-hybridized carbons (Fsp3) is 0.688. The highest BCUT2D eigenvalue weighted by Gasteiger charge is 2.26. The number of aryl methyl sites for hydroxylation is 2. The SMILES string of the molecule is CN(C)CCO/N=C1/CCCc2sc3c(c21)CCCC3. The Kier molecular flexibility index (Phi) is 4.41. The van der Waals surface area contributed by atoms with Crippen LogP contribution in [0.4, 0.5) is 0 Å². The Bertz CT molecular complexity index is 505. The first kappa shape index (κ1) is 14.1. The van der Waals surface area contributed by atoms with E-state index in [2.05, 4.69) is 24.2 Å². The van der Waals surface area contributed by atoms with Crippen LogP contribution in [0.15, 0.2) is 5.16 Å². The number of hydrogen-bond acceptors (Lipinski definition) is 4. The first-order valence-corrected chi connectivity index (χ1v) is 8.54. The minimum atomic E-state index is 0.679. The summed E-state index contributed by atoms with van der Waals surface area (Å²) >= 11 is 2.04. The number of fused-ring (bicyclic) bond motifs is 3. The molecular formula is C16H24N2OS. The first-order chi connectivity index (χ1) is 9.75. The van der Waals surface area contributed by atoms with Crippen molar-refractivity contribution in [3.63, 3.8) is 0 Å². The van der Waals surface area contributed by atoms with Crippen LogP contribution >= 0.6 is 11.3 Å². The molecule has 0 fully saturated rings. The van der Waals surface area contributed by atoms with Gasteiger partial charge in [0.05, 0.1) is 5.71 Å². The topological polar surface area (TPSA) is 24.8 Å². The average Bonchev–Trinajstić information content (AvgIpc) is 2.82. The van der Waals surface area contributed by atoms with Crippen LogP contribution < -0.4 is 0 Å². The summed E-state index contributed by atoms with van der Waals surface area (Å²) in [6.07, 6.45) is 8.77. The number of oxime groups is 1. The molecule has 2 aliphatic carbocycles. The third-order valence-electron chi connectivity index (χ3n) is 4.15. The van der Waals surface area contributed by atoms with Gasteiger partial charge in [-0.25, -0.2) is 0 Å². The smallest absolute Gasteiger partial charge is 0.129 e. The van der Waals surface area contributed by atoms with Crippen molar-refractivity contribution < 1.29 is 4.84 Å². The summed E-state index contributed by atoms with van der Waals surface area (Å²) in [5, 5.41) is 4.47. The van der Waals surface area contributed by atoms with Gasteiger partial charge in [0.15, 0.2) is 0 Å². The molecule has 1 aromatic heterocycles. The zero-order valence-electron chi connectivity index (χ0n) is 12.6.